The van der Waals surface area contributed by atoms with Crippen molar-refractivity contribution in [3.05, 3.63) is 34.3 Å². The van der Waals surface area contributed by atoms with Crippen molar-refractivity contribution in [1.82, 2.24) is 4.90 Å². The zero-order valence-corrected chi connectivity index (χ0v) is 13.8. The van der Waals surface area contributed by atoms with Gasteiger partial charge in [-0.2, -0.15) is 0 Å². The molecular formula is C17H22ClNO3. The molecule has 1 saturated carbocycles. The van der Waals surface area contributed by atoms with Crippen LogP contribution in [0, 0.1) is 12.3 Å². The molecule has 2 aliphatic rings. The summed E-state index contributed by atoms with van der Waals surface area (Å²) >= 11 is 6.02. The molecule has 0 unspecified atom stereocenters. The highest BCUT2D eigenvalue weighted by atomic mass is 35.5. The van der Waals surface area contributed by atoms with Crippen molar-refractivity contribution >= 4 is 17.5 Å². The number of halogens is 1. The van der Waals surface area contributed by atoms with Crippen LogP contribution < -0.4 is 0 Å². The van der Waals surface area contributed by atoms with E-state index in [0.29, 0.717) is 30.1 Å². The number of aryl methyl sites for hydroxylation is 1. The number of rotatable bonds is 2. The van der Waals surface area contributed by atoms with Crippen molar-refractivity contribution in [2.45, 2.75) is 38.4 Å². The maximum atomic E-state index is 12.6. The summed E-state index contributed by atoms with van der Waals surface area (Å²) in [7, 11) is 1.70. The SMILES string of the molecule is CO[C@@H]1C[C@H](O)C12CCN(C(=O)c1ccc(Cl)c(C)c1)CC2. The summed E-state index contributed by atoms with van der Waals surface area (Å²) in [4.78, 5) is 14.5. The van der Waals surface area contributed by atoms with Crippen LogP contribution in [0.4, 0.5) is 0 Å². The molecule has 1 saturated heterocycles. The predicted octanol–water partition coefficient (Wildman–Crippen LogP) is 2.65. The van der Waals surface area contributed by atoms with E-state index in [1.54, 1.807) is 19.2 Å². The molecule has 4 nitrogen and oxygen atoms in total. The number of piperidine rings is 1. The van der Waals surface area contributed by atoms with Crippen LogP contribution in [0.2, 0.25) is 5.02 Å². The third-order valence-electron chi connectivity index (χ3n) is 5.41. The lowest BCUT2D eigenvalue weighted by atomic mass is 9.58. The van der Waals surface area contributed by atoms with Crippen LogP contribution in [0.1, 0.15) is 35.2 Å². The third-order valence-corrected chi connectivity index (χ3v) is 5.84. The average Bonchev–Trinajstić information content (AvgIpc) is 2.54. The first-order chi connectivity index (χ1) is 10.5. The molecule has 1 aromatic rings. The van der Waals surface area contributed by atoms with Gasteiger partial charge in [0.15, 0.2) is 0 Å². The number of benzene rings is 1. The van der Waals surface area contributed by atoms with Crippen LogP contribution in [-0.2, 0) is 4.74 Å². The summed E-state index contributed by atoms with van der Waals surface area (Å²) in [6.07, 6.45) is 2.13. The zero-order valence-electron chi connectivity index (χ0n) is 13.0. The number of ether oxygens (including phenoxy) is 1. The maximum Gasteiger partial charge on any atom is 0.253 e. The molecule has 1 aliphatic carbocycles. The second kappa shape index (κ2) is 5.84. The number of carbonyl (C=O) groups is 1. The molecule has 5 heteroatoms. The molecule has 22 heavy (non-hydrogen) atoms. The van der Waals surface area contributed by atoms with E-state index in [1.165, 1.54) is 0 Å². The van der Waals surface area contributed by atoms with Gasteiger partial charge in [0, 0.05) is 42.6 Å². The number of hydrogen-bond donors (Lipinski definition) is 1. The first kappa shape index (κ1) is 15.8. The van der Waals surface area contributed by atoms with Gasteiger partial charge in [-0.1, -0.05) is 11.6 Å². The van der Waals surface area contributed by atoms with Crippen LogP contribution in [0.5, 0.6) is 0 Å². The fourth-order valence-corrected chi connectivity index (χ4v) is 3.92. The van der Waals surface area contributed by atoms with Crippen molar-refractivity contribution in [3.63, 3.8) is 0 Å². The minimum absolute atomic E-state index is 0.0393. The molecule has 1 spiro atoms. The molecule has 2 fully saturated rings. The van der Waals surface area contributed by atoms with E-state index in [-0.39, 0.29) is 23.5 Å². The van der Waals surface area contributed by atoms with Crippen molar-refractivity contribution in [2.75, 3.05) is 20.2 Å². The zero-order chi connectivity index (χ0) is 15.9. The Hall–Kier alpha value is -1.10. The van der Waals surface area contributed by atoms with Gasteiger partial charge < -0.3 is 14.7 Å². The minimum atomic E-state index is -0.299. The molecule has 1 heterocycles. The average molecular weight is 324 g/mol. The summed E-state index contributed by atoms with van der Waals surface area (Å²) in [6.45, 7) is 3.23. The first-order valence-corrected chi connectivity index (χ1v) is 8.12. The monoisotopic (exact) mass is 323 g/mol. The molecule has 1 amide bonds. The Morgan fingerprint density at radius 1 is 1.41 bits per heavy atom. The van der Waals surface area contributed by atoms with E-state index in [1.807, 2.05) is 17.9 Å². The number of aliphatic hydroxyl groups is 1. The lowest BCUT2D eigenvalue weighted by Gasteiger charge is -2.56. The van der Waals surface area contributed by atoms with E-state index in [0.717, 1.165) is 18.4 Å². The number of aliphatic hydroxyl groups excluding tert-OH is 1. The predicted molar refractivity (Wildman–Crippen MR) is 85.2 cm³/mol. The van der Waals surface area contributed by atoms with Crippen LogP contribution in [0.25, 0.3) is 0 Å². The Morgan fingerprint density at radius 3 is 2.64 bits per heavy atom. The van der Waals surface area contributed by atoms with Gasteiger partial charge in [0.1, 0.15) is 0 Å². The molecule has 1 aliphatic heterocycles. The van der Waals surface area contributed by atoms with E-state index in [9.17, 15) is 9.90 Å². The summed E-state index contributed by atoms with van der Waals surface area (Å²) in [5, 5.41) is 10.8. The number of nitrogens with zero attached hydrogens (tertiary/aromatic N) is 1. The number of amides is 1. The lowest BCUT2D eigenvalue weighted by Crippen LogP contribution is -2.62. The second-order valence-corrected chi connectivity index (χ2v) is 6.87. The summed E-state index contributed by atoms with van der Waals surface area (Å²) in [5.74, 6) is 0.0393. The Labute approximate surface area is 136 Å². The largest absolute Gasteiger partial charge is 0.392 e. The molecule has 2 atom stereocenters. The quantitative estimate of drug-likeness (QED) is 0.910. The Kier molecular flexibility index (Phi) is 4.19. The Morgan fingerprint density at radius 2 is 2.09 bits per heavy atom. The summed E-state index contributed by atoms with van der Waals surface area (Å²) in [5.41, 5.74) is 1.44. The number of methoxy groups -OCH3 is 1. The Balaban J connectivity index is 1.68. The van der Waals surface area contributed by atoms with Crippen LogP contribution in [0.15, 0.2) is 18.2 Å². The van der Waals surface area contributed by atoms with Crippen molar-refractivity contribution in [2.24, 2.45) is 5.41 Å². The molecule has 3 rings (SSSR count). The topological polar surface area (TPSA) is 49.8 Å². The molecule has 0 bridgehead atoms. The maximum absolute atomic E-state index is 12.6. The Bertz CT molecular complexity index is 581. The number of likely N-dealkylation sites (tertiary alicyclic amines) is 1. The van der Waals surface area contributed by atoms with Crippen molar-refractivity contribution < 1.29 is 14.6 Å². The molecule has 120 valence electrons. The summed E-state index contributed by atoms with van der Waals surface area (Å²) < 4.78 is 5.48. The van der Waals surface area contributed by atoms with Gasteiger partial charge in [-0.25, -0.2) is 0 Å². The number of carbonyl (C=O) groups excluding carboxylic acids is 1. The second-order valence-electron chi connectivity index (χ2n) is 6.47. The van der Waals surface area contributed by atoms with E-state index < -0.39 is 0 Å². The smallest absolute Gasteiger partial charge is 0.253 e. The highest BCUT2D eigenvalue weighted by Gasteiger charge is 2.56. The van der Waals surface area contributed by atoms with Crippen LogP contribution in [-0.4, -0.2) is 48.3 Å². The van der Waals surface area contributed by atoms with Crippen LogP contribution in [0.3, 0.4) is 0 Å². The van der Waals surface area contributed by atoms with Gasteiger partial charge in [0.2, 0.25) is 0 Å². The van der Waals surface area contributed by atoms with Gasteiger partial charge in [0.05, 0.1) is 12.2 Å². The number of hydrogen-bond acceptors (Lipinski definition) is 3. The van der Waals surface area contributed by atoms with Gasteiger partial charge in [-0.15, -0.1) is 0 Å². The molecular weight excluding hydrogens is 302 g/mol. The standard InChI is InChI=1S/C17H22ClNO3/c1-11-9-12(3-4-13(11)18)16(21)19-7-5-17(6-8-19)14(20)10-15(17)22-2/h3-4,9,14-15,20H,5-8,10H2,1-2H3/t14-,15+/m0/s1. The van der Waals surface area contributed by atoms with Gasteiger partial charge in [-0.05, 0) is 43.5 Å². The highest BCUT2D eigenvalue weighted by molar-refractivity contribution is 6.31. The fraction of sp³-hybridized carbons (Fsp3) is 0.588. The van der Waals surface area contributed by atoms with Gasteiger partial charge in [0.25, 0.3) is 5.91 Å². The highest BCUT2D eigenvalue weighted by Crippen LogP contribution is 2.50. The van der Waals surface area contributed by atoms with Gasteiger partial charge in [-0.3, -0.25) is 4.79 Å². The molecule has 0 radical (unpaired) electrons. The minimum Gasteiger partial charge on any atom is -0.392 e. The fourth-order valence-electron chi connectivity index (χ4n) is 3.80. The molecule has 0 aromatic heterocycles. The van der Waals surface area contributed by atoms with Crippen molar-refractivity contribution in [3.8, 4) is 0 Å². The summed E-state index contributed by atoms with van der Waals surface area (Å²) in [6, 6.07) is 5.38. The van der Waals surface area contributed by atoms with E-state index >= 15 is 0 Å². The van der Waals surface area contributed by atoms with E-state index in [4.69, 9.17) is 16.3 Å². The third kappa shape index (κ3) is 2.43. The first-order valence-electron chi connectivity index (χ1n) is 7.74. The molecule has 1 aromatic carbocycles. The van der Waals surface area contributed by atoms with Gasteiger partial charge >= 0.3 is 0 Å². The lowest BCUT2D eigenvalue weighted by molar-refractivity contribution is -0.199. The van der Waals surface area contributed by atoms with Crippen molar-refractivity contribution in [1.29, 1.82) is 0 Å². The van der Waals surface area contributed by atoms with Crippen LogP contribution >= 0.6 is 11.6 Å². The molecule has 1 N–H and O–H groups in total. The normalized spacial score (nSPS) is 26.8. The van der Waals surface area contributed by atoms with E-state index in [2.05, 4.69) is 0 Å².